The number of nitrogens with one attached hydrogen (secondary N) is 1. The largest absolute Gasteiger partial charge is 0.506 e. The van der Waals surface area contributed by atoms with E-state index < -0.39 is 24.1 Å². The number of carbonyl (C=O) groups is 2. The number of phenolic OH excluding ortho intramolecular Hbond substituents is 1. The first-order chi connectivity index (χ1) is 12.5. The first-order valence-corrected chi connectivity index (χ1v) is 8.29. The molecule has 3 rings (SSSR count). The molecule has 1 aliphatic heterocycles. The number of ether oxygens (including phenoxy) is 1. The van der Waals surface area contributed by atoms with Gasteiger partial charge in [-0.1, -0.05) is 42.5 Å². The number of aromatic hydroxyl groups is 1. The van der Waals surface area contributed by atoms with Gasteiger partial charge in [0.2, 0.25) is 5.91 Å². The maximum atomic E-state index is 12.5. The maximum absolute atomic E-state index is 12.5. The van der Waals surface area contributed by atoms with E-state index in [1.165, 1.54) is 11.0 Å². The molecule has 7 heteroatoms. The van der Waals surface area contributed by atoms with Crippen LogP contribution in [0.5, 0.6) is 5.75 Å². The number of nitrogens with zero attached hydrogens (tertiary/aromatic N) is 1. The molecule has 1 fully saturated rings. The molecule has 3 N–H and O–H groups in total. The standard InChI is InChI=1S/C19H20N2O5/c22-14-10-16(18(24)20-15-8-4-5-9-17(15)23)21(11-14)19(25)26-12-13-6-2-1-3-7-13/h1-9,14,16,22-23H,10-12H2,(H,20,24)/t14-,16+/m1/s1. The minimum Gasteiger partial charge on any atom is -0.506 e. The van der Waals surface area contributed by atoms with Gasteiger partial charge < -0.3 is 20.3 Å². The van der Waals surface area contributed by atoms with Crippen LogP contribution in [0.1, 0.15) is 12.0 Å². The van der Waals surface area contributed by atoms with E-state index in [2.05, 4.69) is 5.32 Å². The number of likely N-dealkylation sites (tertiary alicyclic amines) is 1. The van der Waals surface area contributed by atoms with Crippen molar-refractivity contribution in [3.63, 3.8) is 0 Å². The molecule has 136 valence electrons. The number of hydrogen-bond donors (Lipinski definition) is 3. The average Bonchev–Trinajstić information content (AvgIpc) is 3.04. The molecule has 0 saturated carbocycles. The highest BCUT2D eigenvalue weighted by molar-refractivity contribution is 5.98. The third-order valence-electron chi connectivity index (χ3n) is 4.18. The number of phenols is 1. The van der Waals surface area contributed by atoms with Crippen molar-refractivity contribution in [2.45, 2.75) is 25.2 Å². The van der Waals surface area contributed by atoms with Crippen molar-refractivity contribution in [2.24, 2.45) is 0 Å². The van der Waals surface area contributed by atoms with E-state index in [0.717, 1.165) is 5.56 Å². The van der Waals surface area contributed by atoms with Gasteiger partial charge in [-0.15, -0.1) is 0 Å². The van der Waals surface area contributed by atoms with E-state index in [1.54, 1.807) is 18.2 Å². The maximum Gasteiger partial charge on any atom is 0.410 e. The zero-order valence-corrected chi connectivity index (χ0v) is 14.0. The van der Waals surface area contributed by atoms with Crippen molar-refractivity contribution in [1.82, 2.24) is 4.90 Å². The van der Waals surface area contributed by atoms with Crippen molar-refractivity contribution < 1.29 is 24.5 Å². The number of anilines is 1. The molecule has 0 spiro atoms. The summed E-state index contributed by atoms with van der Waals surface area (Å²) >= 11 is 0. The fraction of sp³-hybridized carbons (Fsp3) is 0.263. The van der Waals surface area contributed by atoms with Crippen molar-refractivity contribution >= 4 is 17.7 Å². The molecule has 1 aliphatic rings. The molecule has 1 heterocycles. The molecule has 0 aliphatic carbocycles. The van der Waals surface area contributed by atoms with Gasteiger partial charge in [0.25, 0.3) is 0 Å². The van der Waals surface area contributed by atoms with Crippen LogP contribution in [0.2, 0.25) is 0 Å². The molecule has 2 atom stereocenters. The fourth-order valence-electron chi connectivity index (χ4n) is 2.86. The van der Waals surface area contributed by atoms with Gasteiger partial charge >= 0.3 is 6.09 Å². The van der Waals surface area contributed by atoms with Gasteiger partial charge in [0.1, 0.15) is 18.4 Å². The molecule has 0 bridgehead atoms. The van der Waals surface area contributed by atoms with Crippen LogP contribution >= 0.6 is 0 Å². The Hall–Kier alpha value is -3.06. The Kier molecular flexibility index (Phi) is 5.38. The van der Waals surface area contributed by atoms with Crippen molar-refractivity contribution in [2.75, 3.05) is 11.9 Å². The summed E-state index contributed by atoms with van der Waals surface area (Å²) in [5.74, 6) is -0.558. The van der Waals surface area contributed by atoms with Crippen LogP contribution in [0.15, 0.2) is 54.6 Å². The number of hydrogen-bond acceptors (Lipinski definition) is 5. The molecule has 2 amide bonds. The number of rotatable bonds is 4. The highest BCUT2D eigenvalue weighted by Gasteiger charge is 2.40. The highest BCUT2D eigenvalue weighted by Crippen LogP contribution is 2.25. The molecular weight excluding hydrogens is 336 g/mol. The van der Waals surface area contributed by atoms with Crippen LogP contribution in [0.25, 0.3) is 0 Å². The van der Waals surface area contributed by atoms with Gasteiger partial charge in [0.15, 0.2) is 0 Å². The molecule has 1 saturated heterocycles. The van der Waals surface area contributed by atoms with Crippen LogP contribution in [0.4, 0.5) is 10.5 Å². The predicted molar refractivity (Wildman–Crippen MR) is 94.5 cm³/mol. The van der Waals surface area contributed by atoms with Gasteiger partial charge in [-0.2, -0.15) is 0 Å². The monoisotopic (exact) mass is 356 g/mol. The van der Waals surface area contributed by atoms with Gasteiger partial charge in [-0.05, 0) is 17.7 Å². The molecule has 2 aromatic rings. The van der Waals surface area contributed by atoms with Crippen LogP contribution in [-0.4, -0.2) is 45.8 Å². The van der Waals surface area contributed by atoms with Crippen LogP contribution in [0.3, 0.4) is 0 Å². The smallest absolute Gasteiger partial charge is 0.410 e. The summed E-state index contributed by atoms with van der Waals surface area (Å²) in [6.45, 7) is 0.104. The molecule has 0 radical (unpaired) electrons. The average molecular weight is 356 g/mol. The van der Waals surface area contributed by atoms with Crippen LogP contribution in [-0.2, 0) is 16.1 Å². The molecule has 26 heavy (non-hydrogen) atoms. The summed E-state index contributed by atoms with van der Waals surface area (Å²) in [7, 11) is 0. The van der Waals surface area contributed by atoms with Gasteiger partial charge in [0, 0.05) is 6.42 Å². The number of aliphatic hydroxyl groups is 1. The first kappa shape index (κ1) is 17.8. The lowest BCUT2D eigenvalue weighted by molar-refractivity contribution is -0.120. The molecule has 7 nitrogen and oxygen atoms in total. The van der Waals surface area contributed by atoms with Crippen molar-refractivity contribution in [1.29, 1.82) is 0 Å². The third-order valence-corrected chi connectivity index (χ3v) is 4.18. The van der Waals surface area contributed by atoms with Crippen LogP contribution < -0.4 is 5.32 Å². The second-order valence-corrected chi connectivity index (χ2v) is 6.10. The lowest BCUT2D eigenvalue weighted by Gasteiger charge is -2.23. The number of β-amino-alcohol motifs (C(OH)–C–C–N with tert-alkyl or cyclic N) is 1. The normalized spacial score (nSPS) is 19.2. The zero-order chi connectivity index (χ0) is 18.5. The minimum absolute atomic E-state index is 0.0203. The van der Waals surface area contributed by atoms with E-state index in [4.69, 9.17) is 4.74 Å². The number of benzene rings is 2. The Morgan fingerprint density at radius 2 is 1.81 bits per heavy atom. The number of carbonyl (C=O) groups excluding carboxylic acids is 2. The van der Waals surface area contributed by atoms with Crippen molar-refractivity contribution in [3.05, 3.63) is 60.2 Å². The Morgan fingerprint density at radius 1 is 1.12 bits per heavy atom. The fourth-order valence-corrected chi connectivity index (χ4v) is 2.86. The molecule has 0 aromatic heterocycles. The summed E-state index contributed by atoms with van der Waals surface area (Å²) in [5.41, 5.74) is 1.08. The topological polar surface area (TPSA) is 99.1 Å². The number of amides is 2. The number of aliphatic hydroxyl groups excluding tert-OH is 1. The summed E-state index contributed by atoms with van der Waals surface area (Å²) in [5, 5.41) is 22.2. The Balaban J connectivity index is 1.65. The molecule has 2 aromatic carbocycles. The van der Waals surface area contributed by atoms with E-state index in [-0.39, 0.29) is 31.0 Å². The van der Waals surface area contributed by atoms with Gasteiger partial charge in [-0.25, -0.2) is 4.79 Å². The quantitative estimate of drug-likeness (QED) is 0.729. The van der Waals surface area contributed by atoms with Gasteiger partial charge in [0.05, 0.1) is 18.3 Å². The molecular formula is C19H20N2O5. The SMILES string of the molecule is O=C(Nc1ccccc1O)[C@@H]1C[C@@H](O)CN1C(=O)OCc1ccccc1. The van der Waals surface area contributed by atoms with E-state index in [1.807, 2.05) is 30.3 Å². The van der Waals surface area contributed by atoms with E-state index >= 15 is 0 Å². The van der Waals surface area contributed by atoms with Crippen molar-refractivity contribution in [3.8, 4) is 5.75 Å². The molecule has 0 unspecified atom stereocenters. The minimum atomic E-state index is -0.868. The summed E-state index contributed by atoms with van der Waals surface area (Å²) in [6, 6.07) is 14.6. The number of para-hydroxylation sites is 2. The Morgan fingerprint density at radius 3 is 2.54 bits per heavy atom. The highest BCUT2D eigenvalue weighted by atomic mass is 16.6. The lowest BCUT2D eigenvalue weighted by Crippen LogP contribution is -2.43. The van der Waals surface area contributed by atoms with E-state index in [9.17, 15) is 19.8 Å². The Labute approximate surface area is 150 Å². The summed E-state index contributed by atoms with van der Waals surface area (Å²) in [6.07, 6.45) is -1.36. The first-order valence-electron chi connectivity index (χ1n) is 8.29. The van der Waals surface area contributed by atoms with E-state index in [0.29, 0.717) is 0 Å². The van der Waals surface area contributed by atoms with Crippen LogP contribution in [0, 0.1) is 0 Å². The summed E-state index contributed by atoms with van der Waals surface area (Å²) < 4.78 is 5.26. The lowest BCUT2D eigenvalue weighted by atomic mass is 10.2. The second-order valence-electron chi connectivity index (χ2n) is 6.10. The van der Waals surface area contributed by atoms with Gasteiger partial charge in [-0.3, -0.25) is 9.69 Å². The summed E-state index contributed by atoms with van der Waals surface area (Å²) in [4.78, 5) is 26.1. The second kappa shape index (κ2) is 7.88. The zero-order valence-electron chi connectivity index (χ0n) is 14.0. The Bertz CT molecular complexity index is 781. The third kappa shape index (κ3) is 4.12. The predicted octanol–water partition coefficient (Wildman–Crippen LogP) is 2.10.